The summed E-state index contributed by atoms with van der Waals surface area (Å²) in [6.07, 6.45) is -0.168. The van der Waals surface area contributed by atoms with Crippen LogP contribution in [0, 0.1) is 13.8 Å². The summed E-state index contributed by atoms with van der Waals surface area (Å²) < 4.78 is 42.3. The fourth-order valence-corrected chi connectivity index (χ4v) is 4.28. The van der Waals surface area contributed by atoms with Crippen molar-refractivity contribution in [2.45, 2.75) is 24.8 Å². The topological polar surface area (TPSA) is 81.9 Å². The minimum absolute atomic E-state index is 0.153. The number of benzene rings is 1. The molecule has 0 aliphatic carbocycles. The van der Waals surface area contributed by atoms with E-state index in [1.54, 1.807) is 45.2 Å². The van der Waals surface area contributed by atoms with Gasteiger partial charge in [0, 0.05) is 0 Å². The SMILES string of the molecule is COc1ccc(OC2CN(S(=O)(=O)c3c(C)noc3C)C2)cc1. The fourth-order valence-electron chi connectivity index (χ4n) is 2.49. The molecule has 1 aromatic carbocycles. The van der Waals surface area contributed by atoms with E-state index >= 15 is 0 Å². The van der Waals surface area contributed by atoms with Gasteiger partial charge in [-0.15, -0.1) is 0 Å². The van der Waals surface area contributed by atoms with E-state index in [-0.39, 0.29) is 11.0 Å². The number of aryl methyl sites for hydroxylation is 2. The number of methoxy groups -OCH3 is 1. The van der Waals surface area contributed by atoms with Gasteiger partial charge in [0.15, 0.2) is 5.76 Å². The highest BCUT2D eigenvalue weighted by Gasteiger charge is 2.40. The van der Waals surface area contributed by atoms with Crippen LogP contribution < -0.4 is 9.47 Å². The second-order valence-corrected chi connectivity index (χ2v) is 7.27. The molecule has 1 fully saturated rings. The summed E-state index contributed by atoms with van der Waals surface area (Å²) >= 11 is 0. The number of hydrogen-bond acceptors (Lipinski definition) is 6. The summed E-state index contributed by atoms with van der Waals surface area (Å²) in [4.78, 5) is 0.153. The highest BCUT2D eigenvalue weighted by atomic mass is 32.2. The molecule has 3 rings (SSSR count). The Morgan fingerprint density at radius 3 is 2.30 bits per heavy atom. The molecule has 23 heavy (non-hydrogen) atoms. The Hall–Kier alpha value is -2.06. The predicted molar refractivity (Wildman–Crippen MR) is 82.1 cm³/mol. The Morgan fingerprint density at radius 1 is 1.17 bits per heavy atom. The Morgan fingerprint density at radius 2 is 1.78 bits per heavy atom. The lowest BCUT2D eigenvalue weighted by Crippen LogP contribution is -2.56. The van der Waals surface area contributed by atoms with Crippen LogP contribution in [0.15, 0.2) is 33.7 Å². The van der Waals surface area contributed by atoms with Crippen LogP contribution >= 0.6 is 0 Å². The van der Waals surface area contributed by atoms with Gasteiger partial charge in [0.1, 0.15) is 28.2 Å². The molecule has 0 saturated carbocycles. The standard InChI is InChI=1S/C15H18N2O5S/c1-10-15(11(2)22-16-10)23(18,19)17-8-14(9-17)21-13-6-4-12(20-3)5-7-13/h4-7,14H,8-9H2,1-3H3. The molecule has 1 aliphatic rings. The average molecular weight is 338 g/mol. The molecule has 0 radical (unpaired) electrons. The van der Waals surface area contributed by atoms with E-state index < -0.39 is 10.0 Å². The van der Waals surface area contributed by atoms with Gasteiger partial charge in [-0.2, -0.15) is 4.31 Å². The van der Waals surface area contributed by atoms with Gasteiger partial charge in [0.25, 0.3) is 0 Å². The predicted octanol–water partition coefficient (Wildman–Crippen LogP) is 1.75. The van der Waals surface area contributed by atoms with Crippen molar-refractivity contribution in [1.29, 1.82) is 0 Å². The molecule has 0 unspecified atom stereocenters. The van der Waals surface area contributed by atoms with E-state index in [9.17, 15) is 8.42 Å². The summed E-state index contributed by atoms with van der Waals surface area (Å²) in [6.45, 7) is 3.82. The lowest BCUT2D eigenvalue weighted by molar-refractivity contribution is 0.0761. The van der Waals surface area contributed by atoms with Crippen LogP contribution in [0.25, 0.3) is 0 Å². The monoisotopic (exact) mass is 338 g/mol. The number of ether oxygens (including phenoxy) is 2. The van der Waals surface area contributed by atoms with Gasteiger partial charge in [-0.3, -0.25) is 0 Å². The molecule has 0 bridgehead atoms. The molecule has 0 N–H and O–H groups in total. The molecule has 2 heterocycles. The van der Waals surface area contributed by atoms with E-state index in [0.717, 1.165) is 5.75 Å². The van der Waals surface area contributed by atoms with Gasteiger partial charge in [-0.1, -0.05) is 5.16 Å². The molecule has 0 amide bonds. The molecule has 1 aromatic heterocycles. The first-order valence-corrected chi connectivity index (χ1v) is 8.59. The smallest absolute Gasteiger partial charge is 0.248 e. The molecule has 2 aromatic rings. The number of sulfonamides is 1. The molecule has 7 nitrogen and oxygen atoms in total. The Balaban J connectivity index is 1.64. The maximum atomic E-state index is 12.6. The third-order valence-electron chi connectivity index (χ3n) is 3.74. The third-order valence-corrected chi connectivity index (χ3v) is 5.82. The van der Waals surface area contributed by atoms with Crippen molar-refractivity contribution >= 4 is 10.0 Å². The third kappa shape index (κ3) is 2.91. The van der Waals surface area contributed by atoms with Crippen molar-refractivity contribution in [3.8, 4) is 11.5 Å². The molecule has 8 heteroatoms. The highest BCUT2D eigenvalue weighted by Crippen LogP contribution is 2.28. The van der Waals surface area contributed by atoms with E-state index in [2.05, 4.69) is 5.16 Å². The van der Waals surface area contributed by atoms with Crippen molar-refractivity contribution in [1.82, 2.24) is 9.46 Å². The molecule has 1 saturated heterocycles. The largest absolute Gasteiger partial charge is 0.497 e. The fraction of sp³-hybridized carbons (Fsp3) is 0.400. The Kier molecular flexibility index (Phi) is 4.03. The van der Waals surface area contributed by atoms with Gasteiger partial charge < -0.3 is 14.0 Å². The van der Waals surface area contributed by atoms with Crippen LogP contribution in [0.3, 0.4) is 0 Å². The van der Waals surface area contributed by atoms with E-state index in [0.29, 0.717) is 30.3 Å². The zero-order chi connectivity index (χ0) is 16.6. The average Bonchev–Trinajstić information content (AvgIpc) is 2.82. The maximum Gasteiger partial charge on any atom is 0.248 e. The summed E-state index contributed by atoms with van der Waals surface area (Å²) in [5.41, 5.74) is 0.377. The molecule has 0 spiro atoms. The van der Waals surface area contributed by atoms with Crippen LogP contribution in [0.2, 0.25) is 0 Å². The first kappa shape index (κ1) is 15.8. The summed E-state index contributed by atoms with van der Waals surface area (Å²) in [6, 6.07) is 7.19. The van der Waals surface area contributed by atoms with Crippen LogP contribution in [0.1, 0.15) is 11.5 Å². The molecular formula is C15H18N2O5S. The lowest BCUT2D eigenvalue weighted by atomic mass is 10.2. The molecular weight excluding hydrogens is 320 g/mol. The van der Waals surface area contributed by atoms with Gasteiger partial charge in [-0.25, -0.2) is 8.42 Å². The zero-order valence-corrected chi connectivity index (χ0v) is 14.0. The first-order valence-electron chi connectivity index (χ1n) is 7.15. The van der Waals surface area contributed by atoms with Gasteiger partial charge in [-0.05, 0) is 38.1 Å². The Labute approximate surface area is 134 Å². The highest BCUT2D eigenvalue weighted by molar-refractivity contribution is 7.89. The summed E-state index contributed by atoms with van der Waals surface area (Å²) in [5, 5.41) is 3.70. The van der Waals surface area contributed by atoms with Crippen molar-refractivity contribution in [2.75, 3.05) is 20.2 Å². The summed E-state index contributed by atoms with van der Waals surface area (Å²) in [5.74, 6) is 1.74. The zero-order valence-electron chi connectivity index (χ0n) is 13.1. The van der Waals surface area contributed by atoms with Crippen LogP contribution in [-0.4, -0.2) is 44.2 Å². The second-order valence-electron chi connectivity index (χ2n) is 5.39. The minimum Gasteiger partial charge on any atom is -0.497 e. The summed E-state index contributed by atoms with van der Waals surface area (Å²) in [7, 11) is -1.98. The van der Waals surface area contributed by atoms with E-state index in [1.807, 2.05) is 0 Å². The first-order chi connectivity index (χ1) is 10.9. The van der Waals surface area contributed by atoms with Gasteiger partial charge >= 0.3 is 0 Å². The quantitative estimate of drug-likeness (QED) is 0.826. The van der Waals surface area contributed by atoms with Crippen molar-refractivity contribution < 1.29 is 22.4 Å². The number of nitrogens with zero attached hydrogens (tertiary/aromatic N) is 2. The number of rotatable bonds is 5. The van der Waals surface area contributed by atoms with Crippen molar-refractivity contribution in [3.63, 3.8) is 0 Å². The normalized spacial score (nSPS) is 16.1. The van der Waals surface area contributed by atoms with Crippen LogP contribution in [0.5, 0.6) is 11.5 Å². The lowest BCUT2D eigenvalue weighted by Gasteiger charge is -2.37. The van der Waals surface area contributed by atoms with E-state index in [4.69, 9.17) is 14.0 Å². The maximum absolute atomic E-state index is 12.6. The Bertz CT molecular complexity index is 772. The minimum atomic E-state index is -3.58. The van der Waals surface area contributed by atoms with Gasteiger partial charge in [0.05, 0.1) is 20.2 Å². The van der Waals surface area contributed by atoms with Crippen molar-refractivity contribution in [3.05, 3.63) is 35.7 Å². The van der Waals surface area contributed by atoms with Crippen molar-refractivity contribution in [2.24, 2.45) is 0 Å². The van der Waals surface area contributed by atoms with Crippen LogP contribution in [-0.2, 0) is 10.0 Å². The molecule has 1 aliphatic heterocycles. The molecule has 0 atom stereocenters. The molecule has 124 valence electrons. The van der Waals surface area contributed by atoms with E-state index in [1.165, 1.54) is 4.31 Å². The van der Waals surface area contributed by atoms with Gasteiger partial charge in [0.2, 0.25) is 10.0 Å². The van der Waals surface area contributed by atoms with Crippen LogP contribution in [0.4, 0.5) is 0 Å². The number of hydrogen-bond donors (Lipinski definition) is 0. The number of aromatic nitrogens is 1. The second kappa shape index (κ2) is 5.86.